The van der Waals surface area contributed by atoms with Crippen molar-refractivity contribution in [2.75, 3.05) is 37.4 Å². The van der Waals surface area contributed by atoms with Crippen LogP contribution in [0.25, 0.3) is 0 Å². The molecule has 0 unspecified atom stereocenters. The molecule has 164 valence electrons. The van der Waals surface area contributed by atoms with Crippen LogP contribution in [0.2, 0.25) is 0 Å². The van der Waals surface area contributed by atoms with Crippen LogP contribution in [0, 0.1) is 23.0 Å². The molecule has 1 saturated heterocycles. The van der Waals surface area contributed by atoms with Gasteiger partial charge in [-0.15, -0.1) is 0 Å². The van der Waals surface area contributed by atoms with E-state index in [0.29, 0.717) is 22.7 Å². The summed E-state index contributed by atoms with van der Waals surface area (Å²) >= 11 is 0. The smallest absolute Gasteiger partial charge is 0.273 e. The number of hydrogen-bond acceptors (Lipinski definition) is 5. The predicted octanol–water partition coefficient (Wildman–Crippen LogP) is 4.09. The fourth-order valence-electron chi connectivity index (χ4n) is 3.71. The zero-order valence-corrected chi connectivity index (χ0v) is 18.3. The Morgan fingerprint density at radius 2 is 1.81 bits per heavy atom. The Labute approximate surface area is 182 Å². The van der Waals surface area contributed by atoms with Gasteiger partial charge < -0.3 is 15.1 Å². The summed E-state index contributed by atoms with van der Waals surface area (Å²) in [5.74, 6) is 0.0881. The molecule has 0 saturated carbocycles. The summed E-state index contributed by atoms with van der Waals surface area (Å²) in [4.78, 5) is 40.3. The van der Waals surface area contributed by atoms with Crippen LogP contribution in [0.5, 0.6) is 0 Å². The van der Waals surface area contributed by atoms with Crippen molar-refractivity contribution in [3.05, 3.63) is 63.2 Å². The van der Waals surface area contributed by atoms with Gasteiger partial charge in [-0.2, -0.15) is 0 Å². The molecule has 2 amide bonds. The second-order valence-electron chi connectivity index (χ2n) is 8.31. The average molecular weight is 425 g/mol. The van der Waals surface area contributed by atoms with E-state index in [1.54, 1.807) is 37.3 Å². The van der Waals surface area contributed by atoms with Crippen LogP contribution in [0.15, 0.2) is 36.4 Å². The van der Waals surface area contributed by atoms with Gasteiger partial charge >= 0.3 is 0 Å². The number of piperidine rings is 1. The summed E-state index contributed by atoms with van der Waals surface area (Å²) < 4.78 is 0. The molecule has 1 heterocycles. The van der Waals surface area contributed by atoms with Crippen molar-refractivity contribution in [2.24, 2.45) is 5.92 Å². The van der Waals surface area contributed by atoms with Gasteiger partial charge in [0.05, 0.1) is 10.5 Å². The third-order valence-electron chi connectivity index (χ3n) is 5.71. The molecule has 1 N–H and O–H groups in total. The lowest BCUT2D eigenvalue weighted by Gasteiger charge is -2.31. The number of amides is 2. The minimum Gasteiger partial charge on any atom is -0.377 e. The summed E-state index contributed by atoms with van der Waals surface area (Å²) in [6.07, 6.45) is 1.96. The van der Waals surface area contributed by atoms with Crippen LogP contribution in [0.1, 0.15) is 46.0 Å². The van der Waals surface area contributed by atoms with Crippen LogP contribution >= 0.6 is 0 Å². The molecule has 1 aliphatic rings. The largest absolute Gasteiger partial charge is 0.377 e. The summed E-state index contributed by atoms with van der Waals surface area (Å²) in [6, 6.07) is 9.56. The maximum absolute atomic E-state index is 13.2. The summed E-state index contributed by atoms with van der Waals surface area (Å²) in [6.45, 7) is 5.25. The number of benzene rings is 2. The second kappa shape index (κ2) is 9.16. The lowest BCUT2D eigenvalue weighted by Crippen LogP contribution is -2.38. The SMILES string of the molecule is Cc1ccc(C(=O)Nc2ccc(N(C)C)c(C(=O)N3CCC(C)CC3)c2)cc1[N+](=O)[O-]. The van der Waals surface area contributed by atoms with Crippen molar-refractivity contribution in [1.29, 1.82) is 0 Å². The Kier molecular flexibility index (Phi) is 6.58. The van der Waals surface area contributed by atoms with E-state index in [1.807, 2.05) is 23.9 Å². The lowest BCUT2D eigenvalue weighted by atomic mass is 9.98. The van der Waals surface area contributed by atoms with Gasteiger partial charge in [-0.25, -0.2) is 0 Å². The number of nitrogens with one attached hydrogen (secondary N) is 1. The van der Waals surface area contributed by atoms with Gasteiger partial charge in [0.1, 0.15) is 0 Å². The highest BCUT2D eigenvalue weighted by Gasteiger charge is 2.24. The van der Waals surface area contributed by atoms with Crippen LogP contribution in [-0.4, -0.2) is 48.8 Å². The molecule has 1 aliphatic heterocycles. The van der Waals surface area contributed by atoms with E-state index in [0.717, 1.165) is 31.6 Å². The van der Waals surface area contributed by atoms with Gasteiger partial charge in [-0.3, -0.25) is 19.7 Å². The fourth-order valence-corrected chi connectivity index (χ4v) is 3.71. The first-order chi connectivity index (χ1) is 14.7. The number of nitro benzene ring substituents is 1. The van der Waals surface area contributed by atoms with E-state index in [-0.39, 0.29) is 17.2 Å². The molecule has 2 aromatic rings. The number of hydrogen-bond donors (Lipinski definition) is 1. The minimum absolute atomic E-state index is 0.0577. The van der Waals surface area contributed by atoms with Crippen LogP contribution < -0.4 is 10.2 Å². The zero-order chi connectivity index (χ0) is 22.7. The number of likely N-dealkylation sites (tertiary alicyclic amines) is 1. The molecule has 3 rings (SSSR count). The molecule has 2 aromatic carbocycles. The van der Waals surface area contributed by atoms with Crippen molar-refractivity contribution in [3.63, 3.8) is 0 Å². The Bertz CT molecular complexity index is 1010. The third-order valence-corrected chi connectivity index (χ3v) is 5.71. The average Bonchev–Trinajstić information content (AvgIpc) is 2.73. The molecule has 0 aliphatic carbocycles. The third kappa shape index (κ3) is 5.02. The van der Waals surface area contributed by atoms with Gasteiger partial charge in [0.25, 0.3) is 17.5 Å². The topological polar surface area (TPSA) is 95.8 Å². The first-order valence-electron chi connectivity index (χ1n) is 10.3. The van der Waals surface area contributed by atoms with Crippen molar-refractivity contribution >= 4 is 28.9 Å². The number of carbonyl (C=O) groups excluding carboxylic acids is 2. The predicted molar refractivity (Wildman–Crippen MR) is 121 cm³/mol. The standard InChI is InChI=1S/C23H28N4O4/c1-15-9-11-26(12-10-15)23(29)19-14-18(7-8-20(19)25(3)4)24-22(28)17-6-5-16(2)21(13-17)27(30)31/h5-8,13-15H,9-12H2,1-4H3,(H,24,28). The first-order valence-corrected chi connectivity index (χ1v) is 10.3. The Balaban J connectivity index is 1.86. The molecular weight excluding hydrogens is 396 g/mol. The van der Waals surface area contributed by atoms with Crippen LogP contribution in [0.3, 0.4) is 0 Å². The van der Waals surface area contributed by atoms with E-state index in [4.69, 9.17) is 0 Å². The quantitative estimate of drug-likeness (QED) is 0.576. The van der Waals surface area contributed by atoms with Crippen molar-refractivity contribution in [2.45, 2.75) is 26.7 Å². The molecule has 0 aromatic heterocycles. The van der Waals surface area contributed by atoms with Crippen LogP contribution in [-0.2, 0) is 0 Å². The van der Waals surface area contributed by atoms with E-state index in [9.17, 15) is 19.7 Å². The fraction of sp³-hybridized carbons (Fsp3) is 0.391. The summed E-state index contributed by atoms with van der Waals surface area (Å²) in [5, 5.41) is 13.9. The van der Waals surface area contributed by atoms with E-state index >= 15 is 0 Å². The van der Waals surface area contributed by atoms with Gasteiger partial charge in [0.15, 0.2) is 0 Å². The van der Waals surface area contributed by atoms with Crippen molar-refractivity contribution in [1.82, 2.24) is 4.90 Å². The Morgan fingerprint density at radius 3 is 2.42 bits per heavy atom. The molecule has 8 nitrogen and oxygen atoms in total. The monoisotopic (exact) mass is 424 g/mol. The molecule has 0 radical (unpaired) electrons. The Morgan fingerprint density at radius 1 is 1.13 bits per heavy atom. The van der Waals surface area contributed by atoms with E-state index < -0.39 is 10.8 Å². The molecule has 0 spiro atoms. The van der Waals surface area contributed by atoms with E-state index in [2.05, 4.69) is 12.2 Å². The maximum Gasteiger partial charge on any atom is 0.273 e. The number of nitro groups is 1. The number of rotatable bonds is 5. The number of aryl methyl sites for hydroxylation is 1. The molecule has 0 atom stereocenters. The van der Waals surface area contributed by atoms with Crippen molar-refractivity contribution < 1.29 is 14.5 Å². The van der Waals surface area contributed by atoms with Crippen molar-refractivity contribution in [3.8, 4) is 0 Å². The van der Waals surface area contributed by atoms with Gasteiger partial charge in [-0.1, -0.05) is 13.0 Å². The first kappa shape index (κ1) is 22.3. The van der Waals surface area contributed by atoms with Gasteiger partial charge in [-0.05, 0) is 49.9 Å². The maximum atomic E-state index is 13.2. The Hall–Kier alpha value is -3.42. The highest BCUT2D eigenvalue weighted by Crippen LogP contribution is 2.27. The molecule has 0 bridgehead atoms. The van der Waals surface area contributed by atoms with E-state index in [1.165, 1.54) is 6.07 Å². The molecule has 31 heavy (non-hydrogen) atoms. The second-order valence-corrected chi connectivity index (χ2v) is 8.31. The highest BCUT2D eigenvalue weighted by atomic mass is 16.6. The number of nitrogens with zero attached hydrogens (tertiary/aromatic N) is 3. The summed E-state index contributed by atoms with van der Waals surface area (Å²) in [7, 11) is 3.74. The number of anilines is 2. The lowest BCUT2D eigenvalue weighted by molar-refractivity contribution is -0.385. The van der Waals surface area contributed by atoms with Gasteiger partial charge in [0.2, 0.25) is 0 Å². The van der Waals surface area contributed by atoms with Gasteiger partial charge in [0, 0.05) is 55.8 Å². The molecular formula is C23H28N4O4. The summed E-state index contributed by atoms with van der Waals surface area (Å²) in [5.41, 5.74) is 2.32. The molecule has 1 fully saturated rings. The highest BCUT2D eigenvalue weighted by molar-refractivity contribution is 6.06. The minimum atomic E-state index is -0.506. The normalized spacial score (nSPS) is 14.3. The molecule has 8 heteroatoms. The number of carbonyl (C=O) groups is 2. The zero-order valence-electron chi connectivity index (χ0n) is 18.3. The van der Waals surface area contributed by atoms with Crippen LogP contribution in [0.4, 0.5) is 17.1 Å².